The van der Waals surface area contributed by atoms with Gasteiger partial charge in [0.05, 0.1) is 6.04 Å². The van der Waals surface area contributed by atoms with E-state index in [2.05, 4.69) is 9.89 Å². The molecule has 0 spiro atoms. The quantitative estimate of drug-likeness (QED) is 0.714. The SMILES string of the molecule is CC1=NCN(C2CCCN(C3CCN(C=O)CC3)C2)O1. The average molecular weight is 280 g/mol. The summed E-state index contributed by atoms with van der Waals surface area (Å²) in [6.45, 7) is 6.63. The predicted molar refractivity (Wildman–Crippen MR) is 76.2 cm³/mol. The van der Waals surface area contributed by atoms with Crippen molar-refractivity contribution in [3.05, 3.63) is 0 Å². The van der Waals surface area contributed by atoms with Gasteiger partial charge in [-0.3, -0.25) is 9.69 Å². The van der Waals surface area contributed by atoms with Crippen LogP contribution in [0.1, 0.15) is 32.6 Å². The molecule has 6 heteroatoms. The largest absolute Gasteiger partial charge is 0.389 e. The van der Waals surface area contributed by atoms with Crippen LogP contribution in [0.2, 0.25) is 0 Å². The minimum absolute atomic E-state index is 0.453. The predicted octanol–water partition coefficient (Wildman–Crippen LogP) is 0.695. The minimum atomic E-state index is 0.453. The summed E-state index contributed by atoms with van der Waals surface area (Å²) in [6, 6.07) is 1.08. The van der Waals surface area contributed by atoms with Gasteiger partial charge in [-0.1, -0.05) is 0 Å². The van der Waals surface area contributed by atoms with E-state index < -0.39 is 0 Å². The molecule has 1 unspecified atom stereocenters. The highest BCUT2D eigenvalue weighted by Crippen LogP contribution is 2.24. The normalized spacial score (nSPS) is 30.1. The summed E-state index contributed by atoms with van der Waals surface area (Å²) in [5.41, 5.74) is 0. The van der Waals surface area contributed by atoms with Crippen LogP contribution in [0.25, 0.3) is 0 Å². The number of carbonyl (C=O) groups is 1. The molecule has 0 N–H and O–H groups in total. The number of aliphatic imine (C=N–C) groups is 1. The summed E-state index contributed by atoms with van der Waals surface area (Å²) in [7, 11) is 0. The van der Waals surface area contributed by atoms with Crippen LogP contribution >= 0.6 is 0 Å². The lowest BCUT2D eigenvalue weighted by Crippen LogP contribution is -2.53. The first-order valence-corrected chi connectivity index (χ1v) is 7.65. The van der Waals surface area contributed by atoms with Crippen LogP contribution in [0.3, 0.4) is 0 Å². The molecule has 6 nitrogen and oxygen atoms in total. The Balaban J connectivity index is 1.52. The molecule has 0 aromatic rings. The Hall–Kier alpha value is -1.14. The van der Waals surface area contributed by atoms with Crippen LogP contribution in [0.15, 0.2) is 4.99 Å². The fourth-order valence-electron chi connectivity index (χ4n) is 3.49. The number of hydrogen-bond donors (Lipinski definition) is 0. The van der Waals surface area contributed by atoms with Crippen LogP contribution in [0.5, 0.6) is 0 Å². The van der Waals surface area contributed by atoms with Gasteiger partial charge in [0, 0.05) is 32.6 Å². The molecule has 0 aromatic carbocycles. The Morgan fingerprint density at radius 3 is 2.65 bits per heavy atom. The first-order chi connectivity index (χ1) is 9.76. The summed E-state index contributed by atoms with van der Waals surface area (Å²) in [6.07, 6.45) is 5.58. The molecule has 3 aliphatic heterocycles. The van der Waals surface area contributed by atoms with Gasteiger partial charge in [0.15, 0.2) is 0 Å². The van der Waals surface area contributed by atoms with Crippen LogP contribution in [-0.2, 0) is 9.63 Å². The minimum Gasteiger partial charge on any atom is -0.389 e. The zero-order valence-corrected chi connectivity index (χ0v) is 12.2. The molecule has 1 atom stereocenters. The summed E-state index contributed by atoms with van der Waals surface area (Å²) < 4.78 is 0. The Morgan fingerprint density at radius 1 is 1.20 bits per heavy atom. The van der Waals surface area contributed by atoms with E-state index in [0.29, 0.717) is 18.8 Å². The summed E-state index contributed by atoms with van der Waals surface area (Å²) in [4.78, 5) is 25.2. The van der Waals surface area contributed by atoms with E-state index in [1.54, 1.807) is 0 Å². The molecule has 1 amide bonds. The summed E-state index contributed by atoms with van der Waals surface area (Å²) in [5.74, 6) is 0.779. The van der Waals surface area contributed by atoms with Gasteiger partial charge >= 0.3 is 0 Å². The van der Waals surface area contributed by atoms with E-state index in [9.17, 15) is 4.79 Å². The first kappa shape index (κ1) is 13.8. The van der Waals surface area contributed by atoms with E-state index >= 15 is 0 Å². The number of carbonyl (C=O) groups excluding carboxylic acids is 1. The van der Waals surface area contributed by atoms with E-state index in [1.165, 1.54) is 19.4 Å². The number of nitrogens with zero attached hydrogens (tertiary/aromatic N) is 4. The lowest BCUT2D eigenvalue weighted by atomic mass is 9.98. The number of piperidine rings is 2. The highest BCUT2D eigenvalue weighted by atomic mass is 16.7. The van der Waals surface area contributed by atoms with Gasteiger partial charge in [0.25, 0.3) is 0 Å². The Kier molecular flexibility index (Phi) is 4.21. The van der Waals surface area contributed by atoms with E-state index in [4.69, 9.17) is 4.84 Å². The van der Waals surface area contributed by atoms with Gasteiger partial charge in [-0.2, -0.15) is 0 Å². The van der Waals surface area contributed by atoms with Crippen molar-refractivity contribution in [3.8, 4) is 0 Å². The molecule has 20 heavy (non-hydrogen) atoms. The van der Waals surface area contributed by atoms with Crippen molar-refractivity contribution in [3.63, 3.8) is 0 Å². The number of likely N-dealkylation sites (tertiary alicyclic amines) is 2. The molecule has 0 aromatic heterocycles. The third-order valence-corrected chi connectivity index (χ3v) is 4.68. The smallest absolute Gasteiger partial charge is 0.209 e. The van der Waals surface area contributed by atoms with Crippen molar-refractivity contribution < 1.29 is 9.63 Å². The van der Waals surface area contributed by atoms with Crippen molar-refractivity contribution >= 4 is 12.3 Å². The van der Waals surface area contributed by atoms with Crippen molar-refractivity contribution in [2.24, 2.45) is 4.99 Å². The molecule has 3 aliphatic rings. The fraction of sp³-hybridized carbons (Fsp3) is 0.857. The van der Waals surface area contributed by atoms with Crippen LogP contribution < -0.4 is 0 Å². The molecule has 0 saturated carbocycles. The van der Waals surface area contributed by atoms with Crippen LogP contribution in [0.4, 0.5) is 0 Å². The topological polar surface area (TPSA) is 48.4 Å². The molecular formula is C14H24N4O2. The van der Waals surface area contributed by atoms with Gasteiger partial charge in [-0.05, 0) is 32.2 Å². The highest BCUT2D eigenvalue weighted by Gasteiger charge is 2.33. The van der Waals surface area contributed by atoms with Gasteiger partial charge < -0.3 is 9.74 Å². The third kappa shape index (κ3) is 2.96. The molecule has 0 aliphatic carbocycles. The van der Waals surface area contributed by atoms with Crippen molar-refractivity contribution in [2.75, 3.05) is 32.8 Å². The second kappa shape index (κ2) is 6.10. The highest BCUT2D eigenvalue weighted by molar-refractivity contribution is 5.73. The van der Waals surface area contributed by atoms with Crippen molar-refractivity contribution in [2.45, 2.75) is 44.7 Å². The second-order valence-electron chi connectivity index (χ2n) is 5.99. The second-order valence-corrected chi connectivity index (χ2v) is 5.99. The van der Waals surface area contributed by atoms with Gasteiger partial charge in [0.1, 0.15) is 6.67 Å². The van der Waals surface area contributed by atoms with Gasteiger partial charge in [-0.25, -0.2) is 4.99 Å². The fourth-order valence-corrected chi connectivity index (χ4v) is 3.49. The maximum atomic E-state index is 10.8. The van der Waals surface area contributed by atoms with E-state index in [-0.39, 0.29) is 0 Å². The Bertz CT molecular complexity index is 379. The zero-order valence-electron chi connectivity index (χ0n) is 12.2. The lowest BCUT2D eigenvalue weighted by molar-refractivity contribution is -0.121. The van der Waals surface area contributed by atoms with Crippen molar-refractivity contribution in [1.82, 2.24) is 14.9 Å². The number of rotatable bonds is 3. The zero-order chi connectivity index (χ0) is 13.9. The Morgan fingerprint density at radius 2 is 2.00 bits per heavy atom. The number of amides is 1. The standard InChI is InChI=1S/C14H24N4O2/c1-12-15-10-18(20-12)14-3-2-6-17(9-14)13-4-7-16(11-19)8-5-13/h11,13-14H,2-10H2,1H3. The molecule has 0 bridgehead atoms. The molecule has 2 fully saturated rings. The molecule has 0 radical (unpaired) electrons. The number of hydroxylamine groups is 2. The van der Waals surface area contributed by atoms with Crippen LogP contribution in [0, 0.1) is 0 Å². The monoisotopic (exact) mass is 280 g/mol. The summed E-state index contributed by atoms with van der Waals surface area (Å²) in [5, 5.41) is 2.03. The van der Waals surface area contributed by atoms with E-state index in [0.717, 1.165) is 44.8 Å². The first-order valence-electron chi connectivity index (χ1n) is 7.65. The van der Waals surface area contributed by atoms with Crippen molar-refractivity contribution in [1.29, 1.82) is 0 Å². The average Bonchev–Trinajstić information content (AvgIpc) is 2.94. The summed E-state index contributed by atoms with van der Waals surface area (Å²) >= 11 is 0. The molecule has 3 heterocycles. The van der Waals surface area contributed by atoms with E-state index in [1.807, 2.05) is 16.9 Å². The van der Waals surface area contributed by atoms with Gasteiger partial charge in [-0.15, -0.1) is 5.06 Å². The lowest BCUT2D eigenvalue weighted by Gasteiger charge is -2.42. The van der Waals surface area contributed by atoms with Crippen LogP contribution in [-0.4, -0.2) is 72.1 Å². The Labute approximate surface area is 120 Å². The number of hydrogen-bond acceptors (Lipinski definition) is 5. The maximum absolute atomic E-state index is 10.8. The molecule has 3 rings (SSSR count). The third-order valence-electron chi connectivity index (χ3n) is 4.68. The molecular weight excluding hydrogens is 256 g/mol. The van der Waals surface area contributed by atoms with Gasteiger partial charge in [0.2, 0.25) is 12.3 Å². The molecule has 112 valence electrons. The molecule has 2 saturated heterocycles. The maximum Gasteiger partial charge on any atom is 0.209 e.